The molecule has 1 aromatic heterocycles. The highest BCUT2D eigenvalue weighted by molar-refractivity contribution is 5.35. The minimum absolute atomic E-state index is 0.000796. The zero-order chi connectivity index (χ0) is 14.1. The quantitative estimate of drug-likeness (QED) is 0.663. The van der Waals surface area contributed by atoms with Gasteiger partial charge in [0.1, 0.15) is 0 Å². The Kier molecular flexibility index (Phi) is 3.59. The number of hydrogen-bond donors (Lipinski definition) is 2. The summed E-state index contributed by atoms with van der Waals surface area (Å²) in [4.78, 5) is 0. The van der Waals surface area contributed by atoms with Crippen LogP contribution in [-0.4, -0.2) is 9.78 Å². The molecule has 20 heavy (non-hydrogen) atoms. The van der Waals surface area contributed by atoms with Gasteiger partial charge in [-0.1, -0.05) is 30.7 Å². The maximum Gasteiger partial charge on any atom is 0.0743 e. The summed E-state index contributed by atoms with van der Waals surface area (Å²) in [6.07, 6.45) is 5.92. The highest BCUT2D eigenvalue weighted by Crippen LogP contribution is 2.36. The van der Waals surface area contributed by atoms with Crippen molar-refractivity contribution in [2.45, 2.75) is 38.1 Å². The summed E-state index contributed by atoms with van der Waals surface area (Å²) in [5, 5.41) is 4.30. The SMILES string of the molecule is Cc1c(C(NN)c2ccc(C3CCC3)cc2)cnn1C. The minimum Gasteiger partial charge on any atom is -0.273 e. The normalized spacial score (nSPS) is 16.9. The third-order valence-electron chi connectivity index (χ3n) is 4.60. The molecule has 1 heterocycles. The Morgan fingerprint density at radius 3 is 2.45 bits per heavy atom. The molecule has 0 radical (unpaired) electrons. The molecule has 1 unspecified atom stereocenters. The maximum atomic E-state index is 5.76. The number of aryl methyl sites for hydroxylation is 1. The van der Waals surface area contributed by atoms with Gasteiger partial charge < -0.3 is 0 Å². The van der Waals surface area contributed by atoms with Gasteiger partial charge in [0.25, 0.3) is 0 Å². The number of rotatable bonds is 4. The number of hydrazine groups is 1. The lowest BCUT2D eigenvalue weighted by atomic mass is 9.79. The molecule has 4 nitrogen and oxygen atoms in total. The molecule has 3 N–H and O–H groups in total. The Balaban J connectivity index is 1.87. The summed E-state index contributed by atoms with van der Waals surface area (Å²) in [6, 6.07) is 8.86. The lowest BCUT2D eigenvalue weighted by Gasteiger charge is -2.26. The number of nitrogens with two attached hydrogens (primary N) is 1. The Bertz CT molecular complexity index is 581. The second-order valence-corrected chi connectivity index (χ2v) is 5.70. The van der Waals surface area contributed by atoms with Crippen LogP contribution in [0, 0.1) is 6.92 Å². The van der Waals surface area contributed by atoms with Gasteiger partial charge in [-0.2, -0.15) is 5.10 Å². The highest BCUT2D eigenvalue weighted by Gasteiger charge is 2.21. The van der Waals surface area contributed by atoms with Crippen molar-refractivity contribution in [3.63, 3.8) is 0 Å². The van der Waals surface area contributed by atoms with E-state index in [1.165, 1.54) is 30.4 Å². The van der Waals surface area contributed by atoms with Gasteiger partial charge >= 0.3 is 0 Å². The molecule has 0 bridgehead atoms. The van der Waals surface area contributed by atoms with Gasteiger partial charge in [-0.3, -0.25) is 10.5 Å². The van der Waals surface area contributed by atoms with Crippen LogP contribution < -0.4 is 11.3 Å². The van der Waals surface area contributed by atoms with Crippen LogP contribution in [0.2, 0.25) is 0 Å². The molecule has 2 aromatic rings. The maximum absolute atomic E-state index is 5.76. The lowest BCUT2D eigenvalue weighted by molar-refractivity contribution is 0.419. The topological polar surface area (TPSA) is 55.9 Å². The van der Waals surface area contributed by atoms with E-state index in [0.717, 1.165) is 17.2 Å². The van der Waals surface area contributed by atoms with Crippen LogP contribution in [0.25, 0.3) is 0 Å². The first-order valence-electron chi connectivity index (χ1n) is 7.25. The predicted octanol–water partition coefficient (Wildman–Crippen LogP) is 2.55. The number of nitrogens with zero attached hydrogens (tertiary/aromatic N) is 2. The van der Waals surface area contributed by atoms with Gasteiger partial charge in [0, 0.05) is 18.3 Å². The van der Waals surface area contributed by atoms with E-state index in [2.05, 4.69) is 41.7 Å². The molecule has 0 spiro atoms. The summed E-state index contributed by atoms with van der Waals surface area (Å²) in [5.74, 6) is 6.53. The van der Waals surface area contributed by atoms with Crippen molar-refractivity contribution < 1.29 is 0 Å². The fraction of sp³-hybridized carbons (Fsp3) is 0.438. The zero-order valence-electron chi connectivity index (χ0n) is 12.1. The predicted molar refractivity (Wildman–Crippen MR) is 80.1 cm³/mol. The van der Waals surface area contributed by atoms with Crippen LogP contribution in [0.15, 0.2) is 30.5 Å². The van der Waals surface area contributed by atoms with Gasteiger partial charge in [0.05, 0.1) is 12.2 Å². The smallest absolute Gasteiger partial charge is 0.0743 e. The third kappa shape index (κ3) is 2.25. The van der Waals surface area contributed by atoms with E-state index in [1.54, 1.807) is 0 Å². The van der Waals surface area contributed by atoms with E-state index in [0.29, 0.717) is 0 Å². The zero-order valence-corrected chi connectivity index (χ0v) is 12.1. The summed E-state index contributed by atoms with van der Waals surface area (Å²) in [6.45, 7) is 2.06. The van der Waals surface area contributed by atoms with E-state index >= 15 is 0 Å². The van der Waals surface area contributed by atoms with Gasteiger partial charge in [-0.05, 0) is 36.8 Å². The third-order valence-corrected chi connectivity index (χ3v) is 4.60. The molecule has 0 saturated heterocycles. The van der Waals surface area contributed by atoms with E-state index in [9.17, 15) is 0 Å². The van der Waals surface area contributed by atoms with Crippen molar-refractivity contribution in [3.05, 3.63) is 52.8 Å². The summed E-state index contributed by atoms with van der Waals surface area (Å²) in [7, 11) is 1.95. The molecular weight excluding hydrogens is 248 g/mol. The number of aromatic nitrogens is 2. The Labute approximate surface area is 120 Å². The summed E-state index contributed by atoms with van der Waals surface area (Å²) < 4.78 is 1.88. The number of nitrogens with one attached hydrogen (secondary N) is 1. The van der Waals surface area contributed by atoms with Crippen molar-refractivity contribution in [1.82, 2.24) is 15.2 Å². The van der Waals surface area contributed by atoms with Gasteiger partial charge in [0.2, 0.25) is 0 Å². The first-order valence-corrected chi connectivity index (χ1v) is 7.25. The highest BCUT2D eigenvalue weighted by atomic mass is 15.3. The van der Waals surface area contributed by atoms with E-state index < -0.39 is 0 Å². The first-order chi connectivity index (χ1) is 9.70. The molecule has 3 rings (SSSR count). The molecule has 1 aliphatic carbocycles. The second-order valence-electron chi connectivity index (χ2n) is 5.70. The summed E-state index contributed by atoms with van der Waals surface area (Å²) in [5.41, 5.74) is 7.82. The number of benzene rings is 1. The van der Waals surface area contributed by atoms with Crippen LogP contribution in [0.3, 0.4) is 0 Å². The van der Waals surface area contributed by atoms with Crippen LogP contribution in [0.4, 0.5) is 0 Å². The number of hydrogen-bond acceptors (Lipinski definition) is 3. The van der Waals surface area contributed by atoms with Gasteiger partial charge in [-0.25, -0.2) is 5.43 Å². The largest absolute Gasteiger partial charge is 0.273 e. The second kappa shape index (κ2) is 5.38. The average Bonchev–Trinajstić information content (AvgIpc) is 2.72. The standard InChI is InChI=1S/C16H22N4/c1-11-15(10-18-20(11)2)16(19-17)14-8-6-13(7-9-14)12-4-3-5-12/h6-10,12,16,19H,3-5,17H2,1-2H3. The van der Waals surface area contributed by atoms with Crippen molar-refractivity contribution in [2.24, 2.45) is 12.9 Å². The van der Waals surface area contributed by atoms with Crippen LogP contribution >= 0.6 is 0 Å². The fourth-order valence-electron chi connectivity index (χ4n) is 2.87. The Morgan fingerprint density at radius 1 is 1.30 bits per heavy atom. The lowest BCUT2D eigenvalue weighted by Crippen LogP contribution is -2.29. The molecule has 1 aliphatic rings. The van der Waals surface area contributed by atoms with Crippen LogP contribution in [0.1, 0.15) is 53.6 Å². The van der Waals surface area contributed by atoms with E-state index in [1.807, 2.05) is 17.9 Å². The van der Waals surface area contributed by atoms with Gasteiger partial charge in [-0.15, -0.1) is 0 Å². The molecule has 1 saturated carbocycles. The molecule has 106 valence electrons. The Morgan fingerprint density at radius 2 is 2.00 bits per heavy atom. The average molecular weight is 270 g/mol. The Hall–Kier alpha value is -1.65. The van der Waals surface area contributed by atoms with Crippen molar-refractivity contribution >= 4 is 0 Å². The van der Waals surface area contributed by atoms with E-state index in [4.69, 9.17) is 5.84 Å². The van der Waals surface area contributed by atoms with Crippen molar-refractivity contribution in [2.75, 3.05) is 0 Å². The van der Waals surface area contributed by atoms with Gasteiger partial charge in [0.15, 0.2) is 0 Å². The van der Waals surface area contributed by atoms with Crippen LogP contribution in [0.5, 0.6) is 0 Å². The molecule has 1 atom stereocenters. The van der Waals surface area contributed by atoms with E-state index in [-0.39, 0.29) is 6.04 Å². The van der Waals surface area contributed by atoms with Crippen molar-refractivity contribution in [1.29, 1.82) is 0 Å². The van der Waals surface area contributed by atoms with Crippen LogP contribution in [-0.2, 0) is 7.05 Å². The molecular formula is C16H22N4. The minimum atomic E-state index is -0.000796. The molecule has 0 amide bonds. The monoisotopic (exact) mass is 270 g/mol. The first kappa shape index (κ1) is 13.3. The molecule has 1 fully saturated rings. The summed E-state index contributed by atoms with van der Waals surface area (Å²) >= 11 is 0. The van der Waals surface area contributed by atoms with Crippen molar-refractivity contribution in [3.8, 4) is 0 Å². The molecule has 0 aliphatic heterocycles. The molecule has 4 heteroatoms. The molecule has 1 aromatic carbocycles. The fourth-order valence-corrected chi connectivity index (χ4v) is 2.87.